The summed E-state index contributed by atoms with van der Waals surface area (Å²) in [6, 6.07) is 14.9. The maximum atomic E-state index is 14.3. The van der Waals surface area contributed by atoms with Gasteiger partial charge in [0.05, 0.1) is 39.0 Å². The molecule has 1 aliphatic rings. The number of halogens is 2. The molecule has 0 bridgehead atoms. The lowest BCUT2D eigenvalue weighted by Gasteiger charge is -2.30. The van der Waals surface area contributed by atoms with Crippen molar-refractivity contribution in [1.82, 2.24) is 9.47 Å². The normalized spacial score (nSPS) is 15.1. The van der Waals surface area contributed by atoms with Gasteiger partial charge in [-0.25, -0.2) is 4.99 Å². The zero-order chi connectivity index (χ0) is 29.4. The van der Waals surface area contributed by atoms with E-state index in [1.807, 2.05) is 75.4 Å². The SMILES string of the molecule is CCN(CC)C(=O)C1=C(C)N=c2s/c(=C/c3cc(Br)c(OC)c(Br)c3)c(=O)n2[C@H]1c1c(OC)ccc2ccccc12. The number of benzene rings is 3. The van der Waals surface area contributed by atoms with E-state index in [-0.39, 0.29) is 11.5 Å². The lowest BCUT2D eigenvalue weighted by atomic mass is 9.90. The molecular weight excluding hydrogens is 670 g/mol. The molecule has 0 N–H and O–H groups in total. The van der Waals surface area contributed by atoms with Crippen LogP contribution in [-0.2, 0) is 4.79 Å². The number of fused-ring (bicyclic) bond motifs is 2. The predicted molar refractivity (Wildman–Crippen MR) is 171 cm³/mol. The Balaban J connectivity index is 1.84. The third kappa shape index (κ3) is 5.17. The van der Waals surface area contributed by atoms with Gasteiger partial charge in [0.15, 0.2) is 4.80 Å². The number of hydrogen-bond acceptors (Lipinski definition) is 6. The number of amides is 1. The van der Waals surface area contributed by atoms with Crippen molar-refractivity contribution in [2.24, 2.45) is 4.99 Å². The summed E-state index contributed by atoms with van der Waals surface area (Å²) in [6.45, 7) is 6.82. The van der Waals surface area contributed by atoms with Crippen LogP contribution in [0.5, 0.6) is 11.5 Å². The molecule has 41 heavy (non-hydrogen) atoms. The Morgan fingerprint density at radius 1 is 1.07 bits per heavy atom. The first-order valence-corrected chi connectivity index (χ1v) is 15.5. The molecule has 0 saturated carbocycles. The van der Waals surface area contributed by atoms with Crippen LogP contribution in [0.15, 0.2) is 78.5 Å². The van der Waals surface area contributed by atoms with Crippen molar-refractivity contribution in [3.05, 3.63) is 99.6 Å². The van der Waals surface area contributed by atoms with E-state index in [2.05, 4.69) is 31.9 Å². The van der Waals surface area contributed by atoms with Crippen molar-refractivity contribution < 1.29 is 14.3 Å². The molecule has 3 aromatic carbocycles. The van der Waals surface area contributed by atoms with Crippen molar-refractivity contribution in [2.75, 3.05) is 27.3 Å². The van der Waals surface area contributed by atoms with Crippen molar-refractivity contribution >= 4 is 66.0 Å². The molecule has 10 heteroatoms. The fourth-order valence-corrected chi connectivity index (χ4v) is 7.89. The van der Waals surface area contributed by atoms with Crippen molar-refractivity contribution in [3.63, 3.8) is 0 Å². The van der Waals surface area contributed by atoms with Crippen LogP contribution in [-0.4, -0.2) is 42.7 Å². The molecule has 0 saturated heterocycles. The number of carbonyl (C=O) groups excluding carboxylic acids is 1. The standard InChI is InChI=1S/C31H29Br2N3O4S/c1-6-35(7-2)30(38)25-17(3)34-31-36(27(25)26-20-11-9-8-10-19(20)12-13-23(26)39-4)29(37)24(41-31)16-18-14-21(32)28(40-5)22(33)15-18/h8-16,27H,6-7H2,1-5H3/b24-16+/t27-/m1/s1. The minimum absolute atomic E-state index is 0.145. The van der Waals surface area contributed by atoms with Crippen LogP contribution in [0.2, 0.25) is 0 Å². The molecule has 5 rings (SSSR count). The van der Waals surface area contributed by atoms with Crippen molar-refractivity contribution in [1.29, 1.82) is 0 Å². The number of carbonyl (C=O) groups is 1. The van der Waals surface area contributed by atoms with Crippen LogP contribution in [0.3, 0.4) is 0 Å². The minimum atomic E-state index is -0.725. The quantitative estimate of drug-likeness (QED) is 0.245. The van der Waals surface area contributed by atoms with Gasteiger partial charge < -0.3 is 14.4 Å². The summed E-state index contributed by atoms with van der Waals surface area (Å²) in [5.41, 5.74) is 2.40. The van der Waals surface area contributed by atoms with E-state index in [0.29, 0.717) is 45.2 Å². The summed E-state index contributed by atoms with van der Waals surface area (Å²) in [5, 5.41) is 1.90. The van der Waals surface area contributed by atoms with Crippen LogP contribution in [0.4, 0.5) is 0 Å². The molecule has 0 fully saturated rings. The van der Waals surface area contributed by atoms with Gasteiger partial charge in [-0.15, -0.1) is 0 Å². The number of likely N-dealkylation sites (N-methyl/N-ethyl adjacent to an activating group) is 1. The van der Waals surface area contributed by atoms with E-state index in [0.717, 1.165) is 30.8 Å². The van der Waals surface area contributed by atoms with Crippen LogP contribution in [0.25, 0.3) is 16.8 Å². The second-order valence-corrected chi connectivity index (χ2v) is 12.2. The summed E-state index contributed by atoms with van der Waals surface area (Å²) in [4.78, 5) is 35.4. The number of thiazole rings is 1. The molecule has 7 nitrogen and oxygen atoms in total. The molecule has 1 aromatic heterocycles. The number of rotatable bonds is 7. The van der Waals surface area contributed by atoms with Gasteiger partial charge in [0.1, 0.15) is 17.5 Å². The zero-order valence-corrected chi connectivity index (χ0v) is 27.3. The Kier molecular flexibility index (Phi) is 8.54. The monoisotopic (exact) mass is 697 g/mol. The maximum absolute atomic E-state index is 14.3. The first-order chi connectivity index (χ1) is 19.7. The molecule has 0 unspecified atom stereocenters. The second-order valence-electron chi connectivity index (χ2n) is 9.48. The number of aromatic nitrogens is 1. The molecule has 0 aliphatic carbocycles. The second kappa shape index (κ2) is 12.0. The summed E-state index contributed by atoms with van der Waals surface area (Å²) < 4.78 is 15.0. The third-order valence-corrected chi connectivity index (χ3v) is 9.41. The first-order valence-electron chi connectivity index (χ1n) is 13.1. The number of allylic oxidation sites excluding steroid dienone is 1. The topological polar surface area (TPSA) is 73.1 Å². The Morgan fingerprint density at radius 2 is 1.76 bits per heavy atom. The molecule has 1 atom stereocenters. The molecule has 1 amide bonds. The number of nitrogens with zero attached hydrogens (tertiary/aromatic N) is 3. The molecule has 212 valence electrons. The molecule has 1 aliphatic heterocycles. The number of ether oxygens (including phenoxy) is 2. The van der Waals surface area contributed by atoms with E-state index in [1.165, 1.54) is 11.3 Å². The van der Waals surface area contributed by atoms with E-state index < -0.39 is 6.04 Å². The molecule has 0 spiro atoms. The fraction of sp³-hybridized carbons (Fsp3) is 0.258. The summed E-state index contributed by atoms with van der Waals surface area (Å²) >= 11 is 8.40. The van der Waals surface area contributed by atoms with Crippen molar-refractivity contribution in [3.8, 4) is 11.5 Å². The van der Waals surface area contributed by atoms with Crippen molar-refractivity contribution in [2.45, 2.75) is 26.8 Å². The van der Waals surface area contributed by atoms with Crippen LogP contribution < -0.4 is 24.4 Å². The van der Waals surface area contributed by atoms with Crippen LogP contribution in [0.1, 0.15) is 37.9 Å². The Labute approximate surface area is 258 Å². The summed E-state index contributed by atoms with van der Waals surface area (Å²) in [7, 11) is 3.21. The average Bonchev–Trinajstić information content (AvgIpc) is 3.26. The van der Waals surface area contributed by atoms with Gasteiger partial charge in [-0.3, -0.25) is 14.2 Å². The largest absolute Gasteiger partial charge is 0.496 e. The van der Waals surface area contributed by atoms with Gasteiger partial charge in [-0.2, -0.15) is 0 Å². The summed E-state index contributed by atoms with van der Waals surface area (Å²) in [6.07, 6.45) is 1.83. The van der Waals surface area contributed by atoms with Gasteiger partial charge in [-0.05, 0) is 93.2 Å². The number of hydrogen-bond donors (Lipinski definition) is 0. The van der Waals surface area contributed by atoms with E-state index in [4.69, 9.17) is 14.5 Å². The minimum Gasteiger partial charge on any atom is -0.496 e. The third-order valence-electron chi connectivity index (χ3n) is 7.25. The molecular formula is C31H29Br2N3O4S. The fourth-order valence-electron chi connectivity index (χ4n) is 5.29. The van der Waals surface area contributed by atoms with Gasteiger partial charge in [0, 0.05) is 18.7 Å². The number of methoxy groups -OCH3 is 2. The highest BCUT2D eigenvalue weighted by atomic mass is 79.9. The predicted octanol–water partition coefficient (Wildman–Crippen LogP) is 5.80. The highest BCUT2D eigenvalue weighted by molar-refractivity contribution is 9.11. The highest BCUT2D eigenvalue weighted by Gasteiger charge is 2.36. The Hall–Kier alpha value is -3.21. The average molecular weight is 699 g/mol. The smallest absolute Gasteiger partial charge is 0.271 e. The first kappa shape index (κ1) is 29.3. The lowest BCUT2D eigenvalue weighted by Crippen LogP contribution is -2.43. The van der Waals surface area contributed by atoms with Gasteiger partial charge in [0.25, 0.3) is 11.5 Å². The molecule has 2 heterocycles. The van der Waals surface area contributed by atoms with Gasteiger partial charge in [0.2, 0.25) is 0 Å². The van der Waals surface area contributed by atoms with Crippen LogP contribution in [0, 0.1) is 0 Å². The maximum Gasteiger partial charge on any atom is 0.271 e. The van der Waals surface area contributed by atoms with Crippen LogP contribution >= 0.6 is 43.2 Å². The Morgan fingerprint density at radius 3 is 2.39 bits per heavy atom. The Bertz CT molecular complexity index is 1870. The summed E-state index contributed by atoms with van der Waals surface area (Å²) in [5.74, 6) is 1.13. The lowest BCUT2D eigenvalue weighted by molar-refractivity contribution is -0.127. The van der Waals surface area contributed by atoms with E-state index in [1.54, 1.807) is 23.7 Å². The van der Waals surface area contributed by atoms with Gasteiger partial charge in [-0.1, -0.05) is 41.7 Å². The highest BCUT2D eigenvalue weighted by Crippen LogP contribution is 2.40. The van der Waals surface area contributed by atoms with E-state index >= 15 is 0 Å². The van der Waals surface area contributed by atoms with E-state index in [9.17, 15) is 9.59 Å². The molecule has 4 aromatic rings. The molecule has 0 radical (unpaired) electrons. The van der Waals surface area contributed by atoms with Gasteiger partial charge >= 0.3 is 0 Å². The zero-order valence-electron chi connectivity index (χ0n) is 23.3.